The molecule has 0 spiro atoms. The van der Waals surface area contributed by atoms with Gasteiger partial charge in [0.2, 0.25) is 0 Å². The number of aromatic carboxylic acids is 1. The van der Waals surface area contributed by atoms with E-state index in [1.54, 1.807) is 0 Å². The van der Waals surface area contributed by atoms with E-state index in [4.69, 9.17) is 5.11 Å². The first-order chi connectivity index (χ1) is 7.11. The van der Waals surface area contributed by atoms with Crippen molar-refractivity contribution in [3.8, 4) is 0 Å². The van der Waals surface area contributed by atoms with Gasteiger partial charge >= 0.3 is 89.5 Å². The second kappa shape index (κ2) is 3.60. The van der Waals surface area contributed by atoms with Crippen LogP contribution in [-0.4, -0.2) is 40.2 Å². The number of fused-ring (bicyclic) bond motifs is 1. The molecule has 2 aromatic rings. The molecule has 2 aromatic heterocycles. The standard InChI is InChI=1S/C8H7N3O3Se/c1-2-6-10-11-4(7(13)14)3-5(12)9-8(11)15-6/h3H,2H2,1H3,(H,13,14). The molecule has 0 atom stereocenters. The first kappa shape index (κ1) is 10.1. The summed E-state index contributed by atoms with van der Waals surface area (Å²) in [6, 6.07) is 0.990. The van der Waals surface area contributed by atoms with Crippen LogP contribution in [0, 0.1) is 0 Å². The minimum atomic E-state index is -1.16. The average Bonchev–Trinajstić information content (AvgIpc) is 2.58. The fourth-order valence-electron chi connectivity index (χ4n) is 1.15. The molecule has 0 aromatic carbocycles. The van der Waals surface area contributed by atoms with Gasteiger partial charge in [0.05, 0.1) is 0 Å². The van der Waals surface area contributed by atoms with E-state index in [1.807, 2.05) is 6.92 Å². The van der Waals surface area contributed by atoms with Gasteiger partial charge in [0.25, 0.3) is 0 Å². The quantitative estimate of drug-likeness (QED) is 0.738. The Kier molecular flexibility index (Phi) is 2.42. The van der Waals surface area contributed by atoms with Crippen molar-refractivity contribution in [1.29, 1.82) is 0 Å². The summed E-state index contributed by atoms with van der Waals surface area (Å²) >= 11 is -0.126. The summed E-state index contributed by atoms with van der Waals surface area (Å²) in [5.41, 5.74) is -0.636. The SMILES string of the molecule is CCc1nn2c(C(=O)O)cc(=O)nc2[se]1. The minimum absolute atomic E-state index is 0.115. The number of hydrogen-bond donors (Lipinski definition) is 1. The molecule has 0 aliphatic carbocycles. The van der Waals surface area contributed by atoms with E-state index in [0.29, 0.717) is 4.52 Å². The normalized spacial score (nSPS) is 10.7. The van der Waals surface area contributed by atoms with Crippen LogP contribution >= 0.6 is 0 Å². The van der Waals surface area contributed by atoms with E-state index in [2.05, 4.69) is 10.1 Å². The van der Waals surface area contributed by atoms with Crippen molar-refractivity contribution in [1.82, 2.24) is 14.6 Å². The van der Waals surface area contributed by atoms with Crippen molar-refractivity contribution in [3.05, 3.63) is 26.7 Å². The number of aryl methyl sites for hydroxylation is 1. The van der Waals surface area contributed by atoms with Crippen molar-refractivity contribution >= 4 is 25.0 Å². The molecular formula is C8H7N3O3Se. The van der Waals surface area contributed by atoms with Gasteiger partial charge in [-0.05, 0) is 0 Å². The van der Waals surface area contributed by atoms with Crippen LogP contribution in [0.3, 0.4) is 0 Å². The van der Waals surface area contributed by atoms with Crippen LogP contribution in [0.1, 0.15) is 22.0 Å². The van der Waals surface area contributed by atoms with E-state index in [-0.39, 0.29) is 20.2 Å². The third kappa shape index (κ3) is 1.71. The molecule has 0 aliphatic heterocycles. The molecule has 0 saturated carbocycles. The van der Waals surface area contributed by atoms with E-state index >= 15 is 0 Å². The Hall–Kier alpha value is -1.46. The Morgan fingerprint density at radius 2 is 2.40 bits per heavy atom. The fraction of sp³-hybridized carbons (Fsp3) is 0.250. The van der Waals surface area contributed by atoms with Gasteiger partial charge in [-0.2, -0.15) is 0 Å². The predicted octanol–water partition coefficient (Wildman–Crippen LogP) is -0.593. The number of carbonyl (C=O) groups is 1. The van der Waals surface area contributed by atoms with E-state index < -0.39 is 11.5 Å². The van der Waals surface area contributed by atoms with Crippen molar-refractivity contribution < 1.29 is 9.90 Å². The van der Waals surface area contributed by atoms with Crippen LogP contribution in [0.15, 0.2) is 10.9 Å². The molecule has 0 unspecified atom stereocenters. The van der Waals surface area contributed by atoms with Gasteiger partial charge in [-0.25, -0.2) is 0 Å². The zero-order chi connectivity index (χ0) is 11.0. The molecular weight excluding hydrogens is 265 g/mol. The zero-order valence-electron chi connectivity index (χ0n) is 7.80. The molecule has 0 bridgehead atoms. The zero-order valence-corrected chi connectivity index (χ0v) is 9.51. The molecule has 0 radical (unpaired) electrons. The molecule has 6 nitrogen and oxygen atoms in total. The van der Waals surface area contributed by atoms with E-state index in [1.165, 1.54) is 4.52 Å². The molecule has 0 amide bonds. The maximum atomic E-state index is 11.1. The van der Waals surface area contributed by atoms with Crippen LogP contribution in [0.25, 0.3) is 4.52 Å². The Labute approximate surface area is 89.9 Å². The van der Waals surface area contributed by atoms with Gasteiger partial charge in [-0.15, -0.1) is 0 Å². The molecule has 15 heavy (non-hydrogen) atoms. The number of carboxylic acid groups (broad SMARTS) is 1. The Bertz CT molecular complexity index is 586. The molecule has 7 heteroatoms. The first-order valence-electron chi connectivity index (χ1n) is 4.25. The molecule has 2 rings (SSSR count). The number of nitrogens with zero attached hydrogens (tertiary/aromatic N) is 3. The van der Waals surface area contributed by atoms with Gasteiger partial charge < -0.3 is 0 Å². The summed E-state index contributed by atoms with van der Waals surface area (Å²) in [5, 5.41) is 13.0. The number of aromatic nitrogens is 3. The fourth-order valence-corrected chi connectivity index (χ4v) is 2.91. The molecule has 0 fully saturated rings. The summed E-state index contributed by atoms with van der Waals surface area (Å²) < 4.78 is 2.61. The summed E-state index contributed by atoms with van der Waals surface area (Å²) in [6.07, 6.45) is 0.747. The summed E-state index contributed by atoms with van der Waals surface area (Å²) in [6.45, 7) is 1.94. The number of hydrogen-bond acceptors (Lipinski definition) is 4. The van der Waals surface area contributed by atoms with E-state index in [9.17, 15) is 9.59 Å². The molecule has 0 saturated heterocycles. The summed E-state index contributed by atoms with van der Waals surface area (Å²) in [4.78, 5) is 25.7. The third-order valence-electron chi connectivity index (χ3n) is 1.82. The van der Waals surface area contributed by atoms with E-state index in [0.717, 1.165) is 17.1 Å². The third-order valence-corrected chi connectivity index (χ3v) is 4.03. The van der Waals surface area contributed by atoms with Gasteiger partial charge in [-0.3, -0.25) is 0 Å². The van der Waals surface area contributed by atoms with Gasteiger partial charge in [-0.1, -0.05) is 0 Å². The van der Waals surface area contributed by atoms with Crippen molar-refractivity contribution in [2.75, 3.05) is 0 Å². The maximum absolute atomic E-state index is 11.1. The number of rotatable bonds is 2. The first-order valence-corrected chi connectivity index (χ1v) is 5.96. The molecule has 0 aliphatic rings. The average molecular weight is 272 g/mol. The predicted molar refractivity (Wildman–Crippen MR) is 52.5 cm³/mol. The molecule has 1 N–H and O–H groups in total. The Morgan fingerprint density at radius 1 is 1.67 bits per heavy atom. The van der Waals surface area contributed by atoms with Crippen LogP contribution in [-0.2, 0) is 6.42 Å². The topological polar surface area (TPSA) is 84.6 Å². The second-order valence-corrected chi connectivity index (χ2v) is 5.01. The molecule has 78 valence electrons. The van der Waals surface area contributed by atoms with Crippen molar-refractivity contribution in [2.24, 2.45) is 0 Å². The summed E-state index contributed by atoms with van der Waals surface area (Å²) in [5.74, 6) is -1.16. The van der Waals surface area contributed by atoms with Crippen molar-refractivity contribution in [2.45, 2.75) is 13.3 Å². The van der Waals surface area contributed by atoms with Crippen LogP contribution in [0.4, 0.5) is 0 Å². The second-order valence-electron chi connectivity index (χ2n) is 2.83. The summed E-state index contributed by atoms with van der Waals surface area (Å²) in [7, 11) is 0. The van der Waals surface area contributed by atoms with Crippen LogP contribution in [0.2, 0.25) is 0 Å². The van der Waals surface area contributed by atoms with Gasteiger partial charge in [0.15, 0.2) is 0 Å². The Balaban J connectivity index is 2.83. The number of carboxylic acids is 1. The molecule has 2 heterocycles. The van der Waals surface area contributed by atoms with Gasteiger partial charge in [0.1, 0.15) is 0 Å². The van der Waals surface area contributed by atoms with Gasteiger partial charge in [0, 0.05) is 0 Å². The Morgan fingerprint density at radius 3 is 3.00 bits per heavy atom. The van der Waals surface area contributed by atoms with Crippen LogP contribution < -0.4 is 5.56 Å². The monoisotopic (exact) mass is 273 g/mol. The van der Waals surface area contributed by atoms with Crippen LogP contribution in [0.5, 0.6) is 0 Å². The van der Waals surface area contributed by atoms with Crippen molar-refractivity contribution in [3.63, 3.8) is 0 Å².